The van der Waals surface area contributed by atoms with Gasteiger partial charge in [0.15, 0.2) is 0 Å². The number of nitrogens with zero attached hydrogens (tertiary/aromatic N) is 3. The highest BCUT2D eigenvalue weighted by molar-refractivity contribution is 5.90. The van der Waals surface area contributed by atoms with Gasteiger partial charge in [-0.05, 0) is 12.1 Å². The zero-order chi connectivity index (χ0) is 16.5. The average Bonchev–Trinajstić information content (AvgIpc) is 3.02. The Morgan fingerprint density at radius 3 is 2.87 bits per heavy atom. The van der Waals surface area contributed by atoms with E-state index in [0.29, 0.717) is 25.4 Å². The molecule has 0 unspecified atom stereocenters. The molecule has 2 aromatic rings. The first-order chi connectivity index (χ1) is 11.1. The van der Waals surface area contributed by atoms with Gasteiger partial charge < -0.3 is 20.9 Å². The number of amides is 2. The molecule has 2 amide bonds. The van der Waals surface area contributed by atoms with Gasteiger partial charge in [0.2, 0.25) is 11.8 Å². The van der Waals surface area contributed by atoms with E-state index in [1.165, 1.54) is 0 Å². The molecule has 9 nitrogen and oxygen atoms in total. The monoisotopic (exact) mass is 318 g/mol. The second-order valence-corrected chi connectivity index (χ2v) is 4.73. The Morgan fingerprint density at radius 2 is 2.13 bits per heavy atom. The van der Waals surface area contributed by atoms with Crippen LogP contribution in [0.5, 0.6) is 0 Å². The highest BCUT2D eigenvalue weighted by Crippen LogP contribution is 1.99. The Morgan fingerprint density at radius 1 is 1.26 bits per heavy atom. The number of aromatic nitrogens is 3. The molecule has 2 aromatic heterocycles. The fraction of sp³-hybridized carbons (Fsp3) is 0.357. The molecule has 0 fully saturated rings. The van der Waals surface area contributed by atoms with Gasteiger partial charge in [0, 0.05) is 32.1 Å². The summed E-state index contributed by atoms with van der Waals surface area (Å²) in [6, 6.07) is 5.44. The fourth-order valence-electron chi connectivity index (χ4n) is 1.73. The lowest BCUT2D eigenvalue weighted by atomic mass is 10.3. The summed E-state index contributed by atoms with van der Waals surface area (Å²) in [4.78, 5) is 30.6. The van der Waals surface area contributed by atoms with E-state index in [1.807, 2.05) is 6.07 Å². The molecule has 0 aromatic carbocycles. The van der Waals surface area contributed by atoms with Crippen molar-refractivity contribution in [3.8, 4) is 0 Å². The molecule has 9 heteroatoms. The van der Waals surface area contributed by atoms with Gasteiger partial charge in [-0.3, -0.25) is 14.6 Å². The Bertz CT molecular complexity index is 643. The van der Waals surface area contributed by atoms with Crippen molar-refractivity contribution in [3.05, 3.63) is 41.8 Å². The van der Waals surface area contributed by atoms with Crippen LogP contribution in [-0.4, -0.2) is 40.0 Å². The second-order valence-electron chi connectivity index (χ2n) is 4.73. The summed E-state index contributed by atoms with van der Waals surface area (Å²) in [6.45, 7) is 1.32. The lowest BCUT2D eigenvalue weighted by Gasteiger charge is -2.00. The van der Waals surface area contributed by atoms with E-state index in [9.17, 15) is 9.59 Å². The minimum atomic E-state index is -0.424. The number of primary amides is 1. The lowest BCUT2D eigenvalue weighted by molar-refractivity contribution is -0.117. The van der Waals surface area contributed by atoms with E-state index in [4.69, 9.17) is 10.3 Å². The number of carbonyl (C=O) groups excluding carboxylic acids is 2. The summed E-state index contributed by atoms with van der Waals surface area (Å²) >= 11 is 0. The average molecular weight is 318 g/mol. The number of hydrogen-bond donors (Lipinski definition) is 3. The first-order valence-corrected chi connectivity index (χ1v) is 7.15. The minimum absolute atomic E-state index is 0.0203. The maximum absolute atomic E-state index is 11.9. The lowest BCUT2D eigenvalue weighted by Crippen LogP contribution is -2.25. The van der Waals surface area contributed by atoms with E-state index in [0.717, 1.165) is 5.69 Å². The third kappa shape index (κ3) is 5.83. The first-order valence-electron chi connectivity index (χ1n) is 7.15. The summed E-state index contributed by atoms with van der Waals surface area (Å²) in [5.74, 6) is -0.456. The van der Waals surface area contributed by atoms with Crippen molar-refractivity contribution in [3.63, 3.8) is 0 Å². The Labute approximate surface area is 132 Å². The third-order valence-electron chi connectivity index (χ3n) is 2.89. The van der Waals surface area contributed by atoms with Crippen molar-refractivity contribution in [2.75, 3.05) is 13.1 Å². The molecule has 0 radical (unpaired) electrons. The van der Waals surface area contributed by atoms with Crippen molar-refractivity contribution in [1.29, 1.82) is 0 Å². The summed E-state index contributed by atoms with van der Waals surface area (Å²) in [7, 11) is 0. The van der Waals surface area contributed by atoms with Gasteiger partial charge in [0.05, 0.1) is 12.2 Å². The molecule has 0 atom stereocenters. The van der Waals surface area contributed by atoms with E-state index in [1.54, 1.807) is 18.3 Å². The Hall–Kier alpha value is -2.81. The zero-order valence-electron chi connectivity index (χ0n) is 12.5. The van der Waals surface area contributed by atoms with Gasteiger partial charge in [0.1, 0.15) is 0 Å². The predicted molar refractivity (Wildman–Crippen MR) is 80.1 cm³/mol. The molecular formula is C14H18N6O3. The van der Waals surface area contributed by atoms with E-state index in [2.05, 4.69) is 25.8 Å². The van der Waals surface area contributed by atoms with Crippen LogP contribution >= 0.6 is 0 Å². The number of nitrogens with one attached hydrogen (secondary N) is 2. The van der Waals surface area contributed by atoms with Gasteiger partial charge in [-0.25, -0.2) is 0 Å². The highest BCUT2D eigenvalue weighted by atomic mass is 16.5. The van der Waals surface area contributed by atoms with Gasteiger partial charge in [-0.1, -0.05) is 11.2 Å². The molecule has 0 saturated heterocycles. The second kappa shape index (κ2) is 8.59. The summed E-state index contributed by atoms with van der Waals surface area (Å²) in [5, 5.41) is 9.31. The highest BCUT2D eigenvalue weighted by Gasteiger charge is 2.14. The van der Waals surface area contributed by atoms with Crippen molar-refractivity contribution in [1.82, 2.24) is 25.8 Å². The zero-order valence-corrected chi connectivity index (χ0v) is 12.5. The molecular weight excluding hydrogens is 300 g/mol. The molecule has 23 heavy (non-hydrogen) atoms. The third-order valence-corrected chi connectivity index (χ3v) is 2.89. The van der Waals surface area contributed by atoms with Crippen LogP contribution in [0.25, 0.3) is 0 Å². The number of pyridine rings is 1. The number of carbonyl (C=O) groups is 2. The molecule has 0 saturated carbocycles. The standard InChI is InChI=1S/C14H18N6O3/c15-11(21)4-7-16-8-5-12-19-13(20-23-12)14(22)18-9-10-3-1-2-6-17-10/h1-3,6,16H,4-5,7-9H2,(H2,15,21)(H,18,22). The molecule has 2 rings (SSSR count). The molecule has 0 spiro atoms. The summed E-state index contributed by atoms with van der Waals surface area (Å²) in [6.07, 6.45) is 2.38. The smallest absolute Gasteiger partial charge is 0.293 e. The van der Waals surface area contributed by atoms with Gasteiger partial charge >= 0.3 is 0 Å². The van der Waals surface area contributed by atoms with E-state index in [-0.39, 0.29) is 24.7 Å². The molecule has 0 aliphatic heterocycles. The van der Waals surface area contributed by atoms with Crippen molar-refractivity contribution in [2.45, 2.75) is 19.4 Å². The van der Waals surface area contributed by atoms with Crippen molar-refractivity contribution in [2.24, 2.45) is 5.73 Å². The number of hydrogen-bond acceptors (Lipinski definition) is 7. The van der Waals surface area contributed by atoms with Gasteiger partial charge in [-0.15, -0.1) is 0 Å². The van der Waals surface area contributed by atoms with Gasteiger partial charge in [0.25, 0.3) is 11.7 Å². The SMILES string of the molecule is NC(=O)CCNCCc1nc(C(=O)NCc2ccccn2)no1. The van der Waals surface area contributed by atoms with Crippen molar-refractivity contribution < 1.29 is 14.1 Å². The van der Waals surface area contributed by atoms with Crippen LogP contribution < -0.4 is 16.4 Å². The normalized spacial score (nSPS) is 10.4. The largest absolute Gasteiger partial charge is 0.370 e. The number of nitrogens with two attached hydrogens (primary N) is 1. The van der Waals surface area contributed by atoms with Crippen LogP contribution in [0.4, 0.5) is 0 Å². The van der Waals surface area contributed by atoms with Crippen LogP contribution in [0.15, 0.2) is 28.9 Å². The van der Waals surface area contributed by atoms with Crippen LogP contribution in [0, 0.1) is 0 Å². The molecule has 0 aliphatic rings. The topological polar surface area (TPSA) is 136 Å². The Kier molecular flexibility index (Phi) is 6.18. The minimum Gasteiger partial charge on any atom is -0.370 e. The molecule has 0 bridgehead atoms. The number of rotatable bonds is 9. The quantitative estimate of drug-likeness (QED) is 0.525. The maximum atomic E-state index is 11.9. The predicted octanol–water partition coefficient (Wildman–Crippen LogP) is -0.598. The van der Waals surface area contributed by atoms with Crippen molar-refractivity contribution >= 4 is 11.8 Å². The van der Waals surface area contributed by atoms with Crippen LogP contribution in [-0.2, 0) is 17.8 Å². The molecule has 122 valence electrons. The van der Waals surface area contributed by atoms with Gasteiger partial charge in [-0.2, -0.15) is 4.98 Å². The van der Waals surface area contributed by atoms with E-state index < -0.39 is 5.91 Å². The first kappa shape index (κ1) is 16.6. The van der Waals surface area contributed by atoms with E-state index >= 15 is 0 Å². The molecule has 0 aliphatic carbocycles. The van der Waals surface area contributed by atoms with Crippen LogP contribution in [0.2, 0.25) is 0 Å². The summed E-state index contributed by atoms with van der Waals surface area (Å²) in [5.41, 5.74) is 5.76. The fourth-order valence-corrected chi connectivity index (χ4v) is 1.73. The Balaban J connectivity index is 1.73. The molecule has 2 heterocycles. The summed E-state index contributed by atoms with van der Waals surface area (Å²) < 4.78 is 5.00. The van der Waals surface area contributed by atoms with Crippen LogP contribution in [0.3, 0.4) is 0 Å². The molecule has 4 N–H and O–H groups in total. The van der Waals surface area contributed by atoms with Crippen LogP contribution in [0.1, 0.15) is 28.6 Å². The maximum Gasteiger partial charge on any atom is 0.293 e.